The van der Waals surface area contributed by atoms with Crippen molar-refractivity contribution in [1.29, 1.82) is 0 Å². The summed E-state index contributed by atoms with van der Waals surface area (Å²) in [5, 5.41) is 9.74. The Morgan fingerprint density at radius 2 is 1.55 bits per heavy atom. The van der Waals surface area contributed by atoms with E-state index in [-0.39, 0.29) is 36.2 Å². The molecule has 0 radical (unpaired) electrons. The van der Waals surface area contributed by atoms with Gasteiger partial charge in [-0.3, -0.25) is 33.3 Å². The molecule has 1 saturated carbocycles. The van der Waals surface area contributed by atoms with Gasteiger partial charge in [-0.1, -0.05) is 44.7 Å². The van der Waals surface area contributed by atoms with Gasteiger partial charge in [0.15, 0.2) is 0 Å². The molecular weight excluding hydrogens is 980 g/mol. The molecule has 1 aliphatic carbocycles. The molecule has 76 heavy (non-hydrogen) atoms. The van der Waals surface area contributed by atoms with E-state index < -0.39 is 17.4 Å². The number of piperidine rings is 2. The van der Waals surface area contributed by atoms with Crippen molar-refractivity contribution in [3.63, 3.8) is 0 Å². The van der Waals surface area contributed by atoms with Gasteiger partial charge >= 0.3 is 18.0 Å². The molecule has 2 aromatic heterocycles. The molecule has 3 saturated heterocycles. The van der Waals surface area contributed by atoms with Crippen LogP contribution in [-0.2, 0) is 33.5 Å². The van der Waals surface area contributed by atoms with Crippen LogP contribution in [0.4, 0.5) is 23.7 Å². The first-order valence-corrected chi connectivity index (χ1v) is 26.8. The van der Waals surface area contributed by atoms with Gasteiger partial charge in [-0.2, -0.15) is 18.3 Å². The molecule has 4 aliphatic rings. The van der Waals surface area contributed by atoms with Crippen LogP contribution >= 0.6 is 0 Å². The average molecular weight is 1060 g/mol. The summed E-state index contributed by atoms with van der Waals surface area (Å²) in [4.78, 5) is 71.8. The zero-order valence-corrected chi connectivity index (χ0v) is 44.8. The van der Waals surface area contributed by atoms with Crippen LogP contribution in [-0.4, -0.2) is 176 Å². The lowest BCUT2D eigenvalue weighted by atomic mass is 9.96. The van der Waals surface area contributed by atoms with Crippen LogP contribution in [0.15, 0.2) is 82.0 Å². The average Bonchev–Trinajstić information content (AvgIpc) is 3.75. The number of benzene rings is 2. The van der Waals surface area contributed by atoms with E-state index in [0.717, 1.165) is 86.4 Å². The molecule has 4 aromatic rings. The standard InChI is InChI=1S/C43H52F3N9O4.C9H18N2O2.C4H8/c1-47-48-31-49(2)15-10-32-4-3-5-37(24-32)54-29-40-39(43(44,45)46)25-35(28-55(40)41(54)57)27-50-16-13-38(14-17-50)59-42(58)53-18-11-33(12-19-53)26-51-20-22-52(23-21-51)36-8-6-34(30-56)7-9-36;1-4-11(3)8(7-12)5-6-9(13)10-2;1-2-4-3-1/h3-9,24-25,28-31,33,38H,1,10-23,26-27H2,2H3;7-8H,4-6H2,1-3H3,(H,10,13);1-4H2/b48-31-;;. The SMILES string of the molecule is C1CCC1.C=N/N=C\N(C)CCc1cccc(-n2cc3c(C(F)(F)F)cc(CN4CCC(OC(=O)N5CCC(CN6CCN(c7ccc(C=O)cc7)CC6)CC5)CC4)cn3c2=O)c1.CCN(C)C(C=O)CCC(=O)NC. The first kappa shape index (κ1) is 58.9. The van der Waals surface area contributed by atoms with E-state index in [1.807, 2.05) is 66.1 Å². The fraction of sp³-hybridized carbons (Fsp3) is 0.554. The van der Waals surface area contributed by atoms with Crippen LogP contribution in [0, 0.1) is 5.92 Å². The Bertz CT molecular complexity index is 2570. The third-order valence-corrected chi connectivity index (χ3v) is 14.9. The highest BCUT2D eigenvalue weighted by Crippen LogP contribution is 2.34. The van der Waals surface area contributed by atoms with Crippen molar-refractivity contribution in [3.8, 4) is 5.69 Å². The Balaban J connectivity index is 0.000000471. The van der Waals surface area contributed by atoms with Gasteiger partial charge in [0.05, 0.1) is 22.8 Å². The van der Waals surface area contributed by atoms with Crippen molar-refractivity contribution in [2.45, 2.75) is 102 Å². The lowest BCUT2D eigenvalue weighted by molar-refractivity contribution is -0.136. The number of hydrogen-bond acceptors (Lipinski definition) is 12. The molecule has 1 N–H and O–H groups in total. The van der Waals surface area contributed by atoms with Gasteiger partial charge in [-0.15, -0.1) is 5.10 Å². The van der Waals surface area contributed by atoms with Crippen molar-refractivity contribution in [3.05, 3.63) is 99.7 Å². The number of likely N-dealkylation sites (tertiary alicyclic amines) is 2. The number of likely N-dealkylation sites (N-methyl/N-ethyl adjacent to an activating group) is 2. The Kier molecular flexibility index (Phi) is 22.6. The summed E-state index contributed by atoms with van der Waals surface area (Å²) >= 11 is 0. The van der Waals surface area contributed by atoms with Crippen molar-refractivity contribution in [2.75, 3.05) is 98.0 Å². The molecule has 5 heterocycles. The number of piperazine rings is 1. The maximum absolute atomic E-state index is 14.5. The molecular formula is C56H78F3N11O6. The Morgan fingerprint density at radius 1 is 0.868 bits per heavy atom. The second kappa shape index (κ2) is 29.2. The lowest BCUT2D eigenvalue weighted by Crippen LogP contribution is -2.49. The number of fused-ring (bicyclic) bond motifs is 1. The van der Waals surface area contributed by atoms with Crippen LogP contribution in [0.1, 0.15) is 98.2 Å². The van der Waals surface area contributed by atoms with Gasteiger partial charge in [0.25, 0.3) is 0 Å². The monoisotopic (exact) mass is 1060 g/mol. The van der Waals surface area contributed by atoms with Crippen LogP contribution in [0.5, 0.6) is 0 Å². The number of anilines is 1. The molecule has 4 fully saturated rings. The number of aromatic nitrogens is 2. The second-order valence-electron chi connectivity index (χ2n) is 20.3. The highest BCUT2D eigenvalue weighted by Gasteiger charge is 2.35. The van der Waals surface area contributed by atoms with Crippen LogP contribution in [0.25, 0.3) is 11.2 Å². The first-order chi connectivity index (χ1) is 36.6. The largest absolute Gasteiger partial charge is 0.446 e. The van der Waals surface area contributed by atoms with Crippen molar-refractivity contribution < 1.29 is 37.1 Å². The number of nitrogens with zero attached hydrogens (tertiary/aromatic N) is 10. The summed E-state index contributed by atoms with van der Waals surface area (Å²) in [6.07, 6.45) is 11.4. The van der Waals surface area contributed by atoms with Gasteiger partial charge in [0.2, 0.25) is 5.91 Å². The van der Waals surface area contributed by atoms with Crippen molar-refractivity contribution >= 4 is 48.8 Å². The van der Waals surface area contributed by atoms with E-state index in [1.165, 1.54) is 42.6 Å². The summed E-state index contributed by atoms with van der Waals surface area (Å²) in [5.41, 5.74) is 1.91. The number of ether oxygens (including phenoxy) is 1. The molecule has 17 nitrogen and oxygen atoms in total. The first-order valence-electron chi connectivity index (χ1n) is 26.8. The predicted octanol–water partition coefficient (Wildman–Crippen LogP) is 7.27. The van der Waals surface area contributed by atoms with E-state index in [4.69, 9.17) is 4.74 Å². The molecule has 2 aromatic carbocycles. The number of amides is 2. The normalized spacial score (nSPS) is 17.3. The number of hydrogen-bond donors (Lipinski definition) is 1. The summed E-state index contributed by atoms with van der Waals surface area (Å²) in [6, 6.07) is 15.9. The van der Waals surface area contributed by atoms with E-state index in [9.17, 15) is 37.1 Å². The lowest BCUT2D eigenvalue weighted by Gasteiger charge is -2.39. The van der Waals surface area contributed by atoms with Crippen LogP contribution in [0.3, 0.4) is 0 Å². The Labute approximate surface area is 445 Å². The fourth-order valence-electron chi connectivity index (χ4n) is 9.65. The predicted molar refractivity (Wildman–Crippen MR) is 292 cm³/mol. The quantitative estimate of drug-likeness (QED) is 0.0436. The topological polar surface area (TPSA) is 160 Å². The molecule has 2 amide bonds. The zero-order valence-electron chi connectivity index (χ0n) is 44.8. The van der Waals surface area contributed by atoms with E-state index >= 15 is 0 Å². The number of nitrogens with one attached hydrogen (secondary N) is 1. The van der Waals surface area contributed by atoms with E-state index in [0.29, 0.717) is 87.6 Å². The molecule has 8 rings (SSSR count). The molecule has 0 spiro atoms. The number of rotatable bonds is 19. The van der Waals surface area contributed by atoms with Crippen molar-refractivity contribution in [1.82, 2.24) is 38.8 Å². The molecule has 3 aliphatic heterocycles. The minimum absolute atomic E-state index is 0.0173. The smallest absolute Gasteiger partial charge is 0.418 e. The van der Waals surface area contributed by atoms with Crippen LogP contribution in [0.2, 0.25) is 0 Å². The highest BCUT2D eigenvalue weighted by molar-refractivity contribution is 5.76. The molecule has 0 bridgehead atoms. The third kappa shape index (κ3) is 17.3. The molecule has 1 atom stereocenters. The minimum Gasteiger partial charge on any atom is -0.446 e. The number of pyridine rings is 1. The maximum Gasteiger partial charge on any atom is 0.418 e. The van der Waals surface area contributed by atoms with Gasteiger partial charge < -0.3 is 29.5 Å². The minimum atomic E-state index is -4.67. The van der Waals surface area contributed by atoms with Crippen molar-refractivity contribution in [2.24, 2.45) is 16.1 Å². The second-order valence-corrected chi connectivity index (χ2v) is 20.3. The highest BCUT2D eigenvalue weighted by atomic mass is 19.4. The summed E-state index contributed by atoms with van der Waals surface area (Å²) < 4.78 is 51.7. The van der Waals surface area contributed by atoms with Gasteiger partial charge in [-0.25, -0.2) is 9.59 Å². The van der Waals surface area contributed by atoms with E-state index in [1.54, 1.807) is 36.5 Å². The number of alkyl halides is 3. The summed E-state index contributed by atoms with van der Waals surface area (Å²) in [6.45, 7) is 14.2. The zero-order chi connectivity index (χ0) is 54.6. The molecule has 20 heteroatoms. The Hall–Kier alpha value is -6.38. The molecule has 414 valence electrons. The summed E-state index contributed by atoms with van der Waals surface area (Å²) in [7, 11) is 5.32. The van der Waals surface area contributed by atoms with Gasteiger partial charge in [-0.05, 0) is 112 Å². The maximum atomic E-state index is 14.5. The molecule has 1 unspecified atom stereocenters. The third-order valence-electron chi connectivity index (χ3n) is 14.9. The Morgan fingerprint density at radius 3 is 2.14 bits per heavy atom. The van der Waals surface area contributed by atoms with Gasteiger partial charge in [0.1, 0.15) is 25.0 Å². The van der Waals surface area contributed by atoms with Crippen LogP contribution < -0.4 is 15.9 Å². The number of carbonyl (C=O) groups is 4. The number of imidazole rings is 1. The number of aldehydes is 2. The number of halogens is 3. The number of carbonyl (C=O) groups excluding carboxylic acids is 4. The summed E-state index contributed by atoms with van der Waals surface area (Å²) in [5.74, 6) is 0.499. The van der Waals surface area contributed by atoms with Gasteiger partial charge in [0, 0.05) is 123 Å². The van der Waals surface area contributed by atoms with E-state index in [2.05, 4.69) is 32.0 Å². The fourth-order valence-corrected chi connectivity index (χ4v) is 9.65.